The van der Waals surface area contributed by atoms with Crippen molar-refractivity contribution in [2.75, 3.05) is 6.61 Å². The van der Waals surface area contributed by atoms with Gasteiger partial charge in [-0.2, -0.15) is 13.2 Å². The molecule has 2 aromatic carbocycles. The molecule has 0 aromatic heterocycles. The lowest BCUT2D eigenvalue weighted by Gasteiger charge is -2.25. The summed E-state index contributed by atoms with van der Waals surface area (Å²) in [6, 6.07) is 10.1. The number of alkyl halides is 3. The second kappa shape index (κ2) is 12.4. The number of hydrogen-bond donors (Lipinski definition) is 2. The summed E-state index contributed by atoms with van der Waals surface area (Å²) in [5.41, 5.74) is -3.85. The van der Waals surface area contributed by atoms with Gasteiger partial charge in [-0.25, -0.2) is 4.79 Å². The third kappa shape index (κ3) is 7.59. The molecule has 0 heterocycles. The van der Waals surface area contributed by atoms with Crippen molar-refractivity contribution in [3.05, 3.63) is 69.9 Å². The number of ketones is 1. The van der Waals surface area contributed by atoms with Crippen LogP contribution in [0.4, 0.5) is 13.2 Å². The molecule has 9 nitrogen and oxygen atoms in total. The molecule has 2 aromatic rings. The van der Waals surface area contributed by atoms with Crippen LogP contribution in [0.3, 0.4) is 0 Å². The highest BCUT2D eigenvalue weighted by molar-refractivity contribution is 6.37. The minimum Gasteiger partial charge on any atom is -0.492 e. The largest absolute Gasteiger partial charge is 0.492 e. The lowest BCUT2D eigenvalue weighted by Crippen LogP contribution is -2.42. The number of ether oxygens (including phenoxy) is 2. The Morgan fingerprint density at radius 2 is 1.70 bits per heavy atom. The molecule has 0 amide bonds. The van der Waals surface area contributed by atoms with Crippen molar-refractivity contribution in [2.24, 2.45) is 5.92 Å². The highest BCUT2D eigenvalue weighted by Crippen LogP contribution is 2.39. The van der Waals surface area contributed by atoms with Crippen LogP contribution in [0.1, 0.15) is 37.3 Å². The highest BCUT2D eigenvalue weighted by Gasteiger charge is 2.49. The molecular formula is C24H23ClF3NO8. The fourth-order valence-corrected chi connectivity index (χ4v) is 3.80. The lowest BCUT2D eigenvalue weighted by molar-refractivity contribution is -0.726. The van der Waals surface area contributed by atoms with E-state index in [9.17, 15) is 43.1 Å². The number of para-hydroxylation sites is 1. The van der Waals surface area contributed by atoms with E-state index < -0.39 is 63.6 Å². The first-order valence-corrected chi connectivity index (χ1v) is 11.1. The number of esters is 1. The van der Waals surface area contributed by atoms with Gasteiger partial charge in [0.15, 0.2) is 0 Å². The summed E-state index contributed by atoms with van der Waals surface area (Å²) in [4.78, 5) is 36.1. The molecule has 0 aliphatic rings. The van der Waals surface area contributed by atoms with E-state index in [0.29, 0.717) is 16.8 Å². The minimum atomic E-state index is -5.05. The van der Waals surface area contributed by atoms with Crippen molar-refractivity contribution >= 4 is 35.0 Å². The maximum absolute atomic E-state index is 13.7. The Morgan fingerprint density at radius 3 is 2.24 bits per heavy atom. The van der Waals surface area contributed by atoms with Gasteiger partial charge in [0.1, 0.15) is 29.5 Å². The minimum absolute atomic E-state index is 0.000727. The zero-order chi connectivity index (χ0) is 27.9. The Labute approximate surface area is 214 Å². The molecule has 0 aliphatic heterocycles. The fourth-order valence-electron chi connectivity index (χ4n) is 3.61. The van der Waals surface area contributed by atoms with Crippen LogP contribution in [0.5, 0.6) is 5.75 Å². The predicted octanol–water partition coefficient (Wildman–Crippen LogP) is 4.47. The first kappa shape index (κ1) is 29.4. The number of aliphatic carboxylic acids is 1. The highest BCUT2D eigenvalue weighted by atomic mass is 35.5. The molecule has 0 spiro atoms. The monoisotopic (exact) mass is 545 g/mol. The average molecular weight is 546 g/mol. The number of rotatable bonds is 11. The van der Waals surface area contributed by atoms with Crippen molar-refractivity contribution in [2.45, 2.75) is 38.5 Å². The van der Waals surface area contributed by atoms with Crippen molar-refractivity contribution in [3.63, 3.8) is 0 Å². The van der Waals surface area contributed by atoms with Gasteiger partial charge in [-0.05, 0) is 37.6 Å². The Hall–Kier alpha value is -3.80. The van der Waals surface area contributed by atoms with Crippen LogP contribution in [0, 0.1) is 11.1 Å². The standard InChI is InChI=1S/C24H23ClF3NO8/c1-13(11-12-36-18-10-6-5-9-17(18)25)37-23(33)19(14(2)30)20(21(22(31)32)29(34)35)15-7-3-4-8-16(15)24(26,27)28/h3-10,13,19-20H,11-12H2,1-2H3,(H,31,32)(H,34,35). The summed E-state index contributed by atoms with van der Waals surface area (Å²) in [6.07, 6.45) is -5.92. The SMILES string of the molecule is CC(=O)C(C(=O)OC(C)CCOc1ccccc1Cl)C(C(C(=O)O)=[N+]([O-])O)c1ccccc1C(F)(F)F. The van der Waals surface area contributed by atoms with E-state index in [2.05, 4.69) is 0 Å². The van der Waals surface area contributed by atoms with E-state index in [1.165, 1.54) is 6.92 Å². The van der Waals surface area contributed by atoms with E-state index >= 15 is 0 Å². The van der Waals surface area contributed by atoms with Gasteiger partial charge in [0.2, 0.25) is 0 Å². The summed E-state index contributed by atoms with van der Waals surface area (Å²) >= 11 is 5.99. The Bertz CT molecular complexity index is 1180. The zero-order valence-electron chi connectivity index (χ0n) is 19.6. The summed E-state index contributed by atoms with van der Waals surface area (Å²) in [6.45, 7) is 2.24. The molecule has 200 valence electrons. The van der Waals surface area contributed by atoms with E-state index in [4.69, 9.17) is 21.1 Å². The number of carboxylic acid groups (broad SMARTS) is 1. The maximum atomic E-state index is 13.7. The molecule has 3 atom stereocenters. The summed E-state index contributed by atoms with van der Waals surface area (Å²) in [5, 5.41) is 31.0. The van der Waals surface area contributed by atoms with E-state index in [1.807, 2.05) is 0 Å². The first-order chi connectivity index (χ1) is 17.3. The number of benzene rings is 2. The topological polar surface area (TPSA) is 136 Å². The van der Waals surface area contributed by atoms with Crippen LogP contribution in [0.2, 0.25) is 5.02 Å². The van der Waals surface area contributed by atoms with Gasteiger partial charge in [-0.1, -0.05) is 41.9 Å². The smallest absolute Gasteiger partial charge is 0.416 e. The van der Waals surface area contributed by atoms with Crippen LogP contribution < -0.4 is 4.74 Å². The normalized spacial score (nSPS) is 14.6. The summed E-state index contributed by atoms with van der Waals surface area (Å²) in [5.74, 6) is -8.79. The van der Waals surface area contributed by atoms with Gasteiger partial charge in [0.25, 0.3) is 0 Å². The van der Waals surface area contributed by atoms with Crippen molar-refractivity contribution in [3.8, 4) is 5.75 Å². The van der Waals surface area contributed by atoms with E-state index in [-0.39, 0.29) is 13.0 Å². The maximum Gasteiger partial charge on any atom is 0.416 e. The Kier molecular flexibility index (Phi) is 9.89. The zero-order valence-corrected chi connectivity index (χ0v) is 20.3. The lowest BCUT2D eigenvalue weighted by atomic mass is 9.78. The van der Waals surface area contributed by atoms with Gasteiger partial charge < -0.3 is 19.8 Å². The van der Waals surface area contributed by atoms with Crippen LogP contribution in [-0.2, 0) is 25.3 Å². The van der Waals surface area contributed by atoms with Crippen LogP contribution in [0.15, 0.2) is 48.5 Å². The molecule has 2 rings (SSSR count). The van der Waals surface area contributed by atoms with Gasteiger partial charge in [-0.3, -0.25) is 14.8 Å². The molecule has 3 unspecified atom stereocenters. The molecular weight excluding hydrogens is 523 g/mol. The Balaban J connectivity index is 2.40. The second-order valence-corrected chi connectivity index (χ2v) is 8.34. The van der Waals surface area contributed by atoms with Gasteiger partial charge in [0.05, 0.1) is 17.2 Å². The molecule has 0 aliphatic carbocycles. The van der Waals surface area contributed by atoms with Crippen LogP contribution in [-0.4, -0.2) is 51.4 Å². The number of nitrogens with zero attached hydrogens (tertiary/aromatic N) is 1. The average Bonchev–Trinajstić information content (AvgIpc) is 2.78. The fraction of sp³-hybridized carbons (Fsp3) is 0.333. The first-order valence-electron chi connectivity index (χ1n) is 10.8. The molecule has 2 N–H and O–H groups in total. The molecule has 13 heteroatoms. The van der Waals surface area contributed by atoms with Crippen molar-refractivity contribution in [1.29, 1.82) is 0 Å². The number of halogens is 4. The summed E-state index contributed by atoms with van der Waals surface area (Å²) < 4.78 is 51.9. The quantitative estimate of drug-likeness (QED) is 0.105. The number of carbonyl (C=O) groups excluding carboxylic acids is 2. The van der Waals surface area contributed by atoms with Crippen molar-refractivity contribution < 1.29 is 52.2 Å². The molecule has 0 saturated carbocycles. The molecule has 0 saturated heterocycles. The van der Waals surface area contributed by atoms with Gasteiger partial charge in [-0.15, -0.1) is 0 Å². The molecule has 0 fully saturated rings. The number of hydrogen-bond acceptors (Lipinski definition) is 7. The van der Waals surface area contributed by atoms with Crippen LogP contribution >= 0.6 is 11.6 Å². The third-order valence-electron chi connectivity index (χ3n) is 5.28. The van der Waals surface area contributed by atoms with E-state index in [1.54, 1.807) is 24.3 Å². The molecule has 37 heavy (non-hydrogen) atoms. The molecule has 0 bridgehead atoms. The Morgan fingerprint density at radius 1 is 1.11 bits per heavy atom. The number of Topliss-reactive ketones (excluding diaryl/α,β-unsaturated/α-hetero) is 1. The number of carbonyl (C=O) groups is 3. The third-order valence-corrected chi connectivity index (χ3v) is 5.59. The predicted molar refractivity (Wildman–Crippen MR) is 124 cm³/mol. The molecule has 0 radical (unpaired) electrons. The van der Waals surface area contributed by atoms with Gasteiger partial charge in [0, 0.05) is 11.3 Å². The second-order valence-electron chi connectivity index (χ2n) is 7.93. The van der Waals surface area contributed by atoms with Crippen molar-refractivity contribution in [1.82, 2.24) is 0 Å². The van der Waals surface area contributed by atoms with E-state index in [0.717, 1.165) is 25.1 Å². The van der Waals surface area contributed by atoms with Gasteiger partial charge >= 0.3 is 23.8 Å². The number of carboxylic acids is 1. The summed E-state index contributed by atoms with van der Waals surface area (Å²) in [7, 11) is 0. The van der Waals surface area contributed by atoms with Crippen LogP contribution in [0.25, 0.3) is 0 Å².